The summed E-state index contributed by atoms with van der Waals surface area (Å²) in [6, 6.07) is 6.54. The lowest BCUT2D eigenvalue weighted by Gasteiger charge is -2.16. The Morgan fingerprint density at radius 1 is 1.35 bits per heavy atom. The molecule has 1 aromatic heterocycles. The Hall–Kier alpha value is -2.47. The van der Waals surface area contributed by atoms with Crippen LogP contribution < -0.4 is 10.1 Å². The Labute approximate surface area is 138 Å². The summed E-state index contributed by atoms with van der Waals surface area (Å²) in [6.45, 7) is 3.30. The predicted molar refractivity (Wildman–Crippen MR) is 87.0 cm³/mol. The number of halogens is 1. The topological polar surface area (TPSA) is 80.4 Å². The van der Waals surface area contributed by atoms with E-state index in [0.29, 0.717) is 16.5 Å². The number of benzene rings is 1. The van der Waals surface area contributed by atoms with E-state index in [1.165, 1.54) is 14.0 Å². The largest absolute Gasteiger partial charge is 0.495 e. The molecule has 1 aromatic carbocycles. The van der Waals surface area contributed by atoms with Gasteiger partial charge in [-0.15, -0.1) is 0 Å². The quantitative estimate of drug-likeness (QED) is 0.822. The molecule has 0 fully saturated rings. The lowest BCUT2D eigenvalue weighted by Crippen LogP contribution is -2.30. The third kappa shape index (κ3) is 4.04. The number of rotatable bonds is 5. The predicted octanol–water partition coefficient (Wildman–Crippen LogP) is 3.17. The Kier molecular flexibility index (Phi) is 5.28. The van der Waals surface area contributed by atoms with Gasteiger partial charge in [0.15, 0.2) is 6.10 Å². The highest BCUT2D eigenvalue weighted by Crippen LogP contribution is 2.31. The minimum Gasteiger partial charge on any atom is -0.495 e. The minimum atomic E-state index is -0.966. The van der Waals surface area contributed by atoms with E-state index in [9.17, 15) is 9.59 Å². The molecule has 0 saturated heterocycles. The second kappa shape index (κ2) is 7.19. The van der Waals surface area contributed by atoms with Crippen molar-refractivity contribution < 1.29 is 19.1 Å². The van der Waals surface area contributed by atoms with Gasteiger partial charge in [0.25, 0.3) is 5.91 Å². The molecule has 0 saturated carbocycles. The molecule has 1 atom stereocenters. The van der Waals surface area contributed by atoms with Crippen LogP contribution in [0, 0.1) is 6.92 Å². The summed E-state index contributed by atoms with van der Waals surface area (Å²) in [5.41, 5.74) is 1.53. The van der Waals surface area contributed by atoms with Gasteiger partial charge in [-0.3, -0.25) is 4.79 Å². The molecule has 7 heteroatoms. The number of esters is 1. The number of hydrogen-bond acceptors (Lipinski definition) is 4. The van der Waals surface area contributed by atoms with E-state index in [1.54, 1.807) is 30.5 Å². The summed E-state index contributed by atoms with van der Waals surface area (Å²) in [5, 5.41) is 3.20. The fourth-order valence-electron chi connectivity index (χ4n) is 1.90. The molecule has 2 aromatic rings. The summed E-state index contributed by atoms with van der Waals surface area (Å²) in [7, 11) is 1.48. The summed E-state index contributed by atoms with van der Waals surface area (Å²) in [6.07, 6.45) is 0.634. The van der Waals surface area contributed by atoms with Crippen molar-refractivity contribution in [1.82, 2.24) is 4.98 Å². The Balaban J connectivity index is 2.06. The number of hydrogen-bond donors (Lipinski definition) is 2. The van der Waals surface area contributed by atoms with E-state index in [4.69, 9.17) is 21.1 Å². The maximum Gasteiger partial charge on any atom is 0.355 e. The van der Waals surface area contributed by atoms with E-state index in [0.717, 1.165) is 5.56 Å². The van der Waals surface area contributed by atoms with Gasteiger partial charge in [-0.25, -0.2) is 4.79 Å². The van der Waals surface area contributed by atoms with Crippen molar-refractivity contribution in [2.24, 2.45) is 0 Å². The zero-order valence-electron chi connectivity index (χ0n) is 13.0. The lowest BCUT2D eigenvalue weighted by atomic mass is 10.2. The third-order valence-electron chi connectivity index (χ3n) is 3.21. The first-order valence-corrected chi connectivity index (χ1v) is 7.29. The monoisotopic (exact) mass is 336 g/mol. The number of ether oxygens (including phenoxy) is 2. The number of methoxy groups -OCH3 is 1. The fraction of sp³-hybridized carbons (Fsp3) is 0.250. The van der Waals surface area contributed by atoms with E-state index in [2.05, 4.69) is 10.3 Å². The first kappa shape index (κ1) is 16.9. The average Bonchev–Trinajstić information content (AvgIpc) is 3.04. The van der Waals surface area contributed by atoms with E-state index in [-0.39, 0.29) is 5.69 Å². The molecule has 2 rings (SSSR count). The van der Waals surface area contributed by atoms with Gasteiger partial charge in [-0.2, -0.15) is 0 Å². The number of aromatic amines is 1. The Bertz CT molecular complexity index is 713. The third-order valence-corrected chi connectivity index (χ3v) is 3.62. The molecular weight excluding hydrogens is 320 g/mol. The zero-order chi connectivity index (χ0) is 17.0. The van der Waals surface area contributed by atoms with E-state index < -0.39 is 18.0 Å². The smallest absolute Gasteiger partial charge is 0.355 e. The SMILES string of the molecule is COc1cc(Cl)c(C)cc1NC(=O)[C@@H](C)OC(=O)c1ccc[nH]1. The van der Waals surface area contributed by atoms with Gasteiger partial charge in [0, 0.05) is 17.3 Å². The van der Waals surface area contributed by atoms with Crippen LogP contribution in [0.15, 0.2) is 30.5 Å². The van der Waals surface area contributed by atoms with Crippen LogP contribution in [0.25, 0.3) is 0 Å². The van der Waals surface area contributed by atoms with Crippen LogP contribution in [-0.4, -0.2) is 30.1 Å². The standard InChI is InChI=1S/C16H17ClN2O4/c1-9-7-13(14(22-3)8-11(9)17)19-15(20)10(2)23-16(21)12-5-4-6-18-12/h4-8,10,18H,1-3H3,(H,19,20)/t10-/m1/s1. The molecule has 2 N–H and O–H groups in total. The molecule has 23 heavy (non-hydrogen) atoms. The van der Waals surface area contributed by atoms with Crippen LogP contribution in [0.3, 0.4) is 0 Å². The molecule has 1 heterocycles. The average molecular weight is 337 g/mol. The van der Waals surface area contributed by atoms with Gasteiger partial charge in [-0.1, -0.05) is 11.6 Å². The van der Waals surface area contributed by atoms with Crippen molar-refractivity contribution >= 4 is 29.2 Å². The second-order valence-corrected chi connectivity index (χ2v) is 5.33. The highest BCUT2D eigenvalue weighted by Gasteiger charge is 2.21. The number of H-pyrrole nitrogens is 1. The van der Waals surface area contributed by atoms with Crippen LogP contribution in [0.1, 0.15) is 23.0 Å². The Morgan fingerprint density at radius 3 is 2.70 bits per heavy atom. The summed E-state index contributed by atoms with van der Waals surface area (Å²) in [4.78, 5) is 26.7. The fourth-order valence-corrected chi connectivity index (χ4v) is 2.05. The first-order valence-electron chi connectivity index (χ1n) is 6.91. The number of aromatic nitrogens is 1. The normalized spacial score (nSPS) is 11.7. The van der Waals surface area contributed by atoms with Crippen LogP contribution in [-0.2, 0) is 9.53 Å². The van der Waals surface area contributed by atoms with Crippen LogP contribution in [0.2, 0.25) is 5.02 Å². The Morgan fingerprint density at radius 2 is 2.09 bits per heavy atom. The maximum atomic E-state index is 12.2. The van der Waals surface area contributed by atoms with Crippen LogP contribution in [0.5, 0.6) is 5.75 Å². The highest BCUT2D eigenvalue weighted by atomic mass is 35.5. The molecule has 0 bridgehead atoms. The number of amides is 1. The van der Waals surface area contributed by atoms with Crippen LogP contribution in [0.4, 0.5) is 5.69 Å². The van der Waals surface area contributed by atoms with Crippen molar-refractivity contribution in [1.29, 1.82) is 0 Å². The van der Waals surface area contributed by atoms with Crippen molar-refractivity contribution in [2.75, 3.05) is 12.4 Å². The molecule has 0 aliphatic rings. The summed E-state index contributed by atoms with van der Waals surface area (Å²) < 4.78 is 10.3. The number of nitrogens with one attached hydrogen (secondary N) is 2. The molecule has 1 amide bonds. The maximum absolute atomic E-state index is 12.2. The number of aryl methyl sites for hydroxylation is 1. The molecule has 122 valence electrons. The van der Waals surface area contributed by atoms with Gasteiger partial charge in [0.1, 0.15) is 11.4 Å². The van der Waals surface area contributed by atoms with Gasteiger partial charge >= 0.3 is 5.97 Å². The van der Waals surface area contributed by atoms with Crippen molar-refractivity contribution in [3.05, 3.63) is 46.7 Å². The highest BCUT2D eigenvalue weighted by molar-refractivity contribution is 6.31. The minimum absolute atomic E-state index is 0.282. The number of anilines is 1. The van der Waals surface area contributed by atoms with Gasteiger partial charge < -0.3 is 19.8 Å². The molecule has 0 radical (unpaired) electrons. The second-order valence-electron chi connectivity index (χ2n) is 4.92. The zero-order valence-corrected chi connectivity index (χ0v) is 13.7. The molecule has 0 aliphatic heterocycles. The van der Waals surface area contributed by atoms with Crippen molar-refractivity contribution in [2.45, 2.75) is 20.0 Å². The van der Waals surface area contributed by atoms with Crippen molar-refractivity contribution in [3.63, 3.8) is 0 Å². The molecular formula is C16H17ClN2O4. The molecule has 6 nitrogen and oxygen atoms in total. The molecule has 0 aliphatic carbocycles. The summed E-state index contributed by atoms with van der Waals surface area (Å²) in [5.74, 6) is -0.640. The van der Waals surface area contributed by atoms with Crippen molar-refractivity contribution in [3.8, 4) is 5.75 Å². The van der Waals surface area contributed by atoms with Gasteiger partial charge in [-0.05, 0) is 37.6 Å². The van der Waals surface area contributed by atoms with E-state index >= 15 is 0 Å². The van der Waals surface area contributed by atoms with E-state index in [1.807, 2.05) is 6.92 Å². The number of carbonyl (C=O) groups excluding carboxylic acids is 2. The van der Waals surface area contributed by atoms with Crippen LogP contribution >= 0.6 is 11.6 Å². The molecule has 0 unspecified atom stereocenters. The van der Waals surface area contributed by atoms with Gasteiger partial charge in [0.05, 0.1) is 12.8 Å². The number of carbonyl (C=O) groups is 2. The first-order chi connectivity index (χ1) is 10.9. The lowest BCUT2D eigenvalue weighted by molar-refractivity contribution is -0.123. The van der Waals surface area contributed by atoms with Gasteiger partial charge in [0.2, 0.25) is 0 Å². The summed E-state index contributed by atoms with van der Waals surface area (Å²) >= 11 is 6.02. The molecule has 0 spiro atoms.